The molecule has 1 heterocycles. The van der Waals surface area contributed by atoms with Gasteiger partial charge in [-0.2, -0.15) is 0 Å². The largest absolute Gasteiger partial charge is 0.493 e. The van der Waals surface area contributed by atoms with E-state index in [0.29, 0.717) is 6.42 Å². The first-order chi connectivity index (χ1) is 16.1. The van der Waals surface area contributed by atoms with Gasteiger partial charge in [0, 0.05) is 18.7 Å². The molecule has 182 valence electrons. The molecule has 0 bridgehead atoms. The summed E-state index contributed by atoms with van der Waals surface area (Å²) in [5, 5.41) is 2.53. The van der Waals surface area contributed by atoms with Crippen molar-refractivity contribution in [2.24, 2.45) is 5.92 Å². The van der Waals surface area contributed by atoms with Crippen molar-refractivity contribution in [3.05, 3.63) is 65.7 Å². The first-order valence-electron chi connectivity index (χ1n) is 10.7. The van der Waals surface area contributed by atoms with Gasteiger partial charge in [-0.05, 0) is 25.0 Å². The number of carbonyl (C=O) groups is 3. The number of carbonyl (C=O) groups excluding carboxylic acids is 3. The highest BCUT2D eigenvalue weighted by Crippen LogP contribution is 2.29. The van der Waals surface area contributed by atoms with Crippen molar-refractivity contribution in [1.82, 2.24) is 10.3 Å². The average Bonchev–Trinajstić information content (AvgIpc) is 2.80. The van der Waals surface area contributed by atoms with Crippen molar-refractivity contribution in [1.29, 1.82) is 0 Å². The molecule has 1 aromatic carbocycles. The van der Waals surface area contributed by atoms with Crippen molar-refractivity contribution in [3.63, 3.8) is 0 Å². The Kier molecular flexibility index (Phi) is 9.61. The van der Waals surface area contributed by atoms with Crippen LogP contribution in [0.25, 0.3) is 0 Å². The van der Waals surface area contributed by atoms with Gasteiger partial charge in [0.1, 0.15) is 11.8 Å². The van der Waals surface area contributed by atoms with Crippen LogP contribution in [-0.2, 0) is 25.5 Å². The van der Waals surface area contributed by atoms with Gasteiger partial charge in [-0.1, -0.05) is 44.7 Å². The van der Waals surface area contributed by atoms with Gasteiger partial charge in [0.2, 0.25) is 6.79 Å². The molecule has 0 aliphatic heterocycles. The number of ether oxygens (including phenoxy) is 4. The predicted octanol–water partition coefficient (Wildman–Crippen LogP) is 3.35. The lowest BCUT2D eigenvalue weighted by molar-refractivity contribution is -0.154. The van der Waals surface area contributed by atoms with Crippen LogP contribution < -0.4 is 14.8 Å². The Morgan fingerprint density at radius 2 is 1.79 bits per heavy atom. The highest BCUT2D eigenvalue weighted by Gasteiger charge is 2.24. The lowest BCUT2D eigenvalue weighted by Gasteiger charge is -2.17. The second kappa shape index (κ2) is 12.4. The zero-order valence-corrected chi connectivity index (χ0v) is 20.0. The number of amides is 1. The maximum atomic E-state index is 12.8. The van der Waals surface area contributed by atoms with Crippen LogP contribution >= 0.6 is 0 Å². The number of allylic oxidation sites excluding steroid dienone is 1. The van der Waals surface area contributed by atoms with E-state index in [9.17, 15) is 14.4 Å². The van der Waals surface area contributed by atoms with Gasteiger partial charge in [-0.25, -0.2) is 9.78 Å². The minimum absolute atomic E-state index is 0.0245. The van der Waals surface area contributed by atoms with Gasteiger partial charge in [0.15, 0.2) is 17.2 Å². The van der Waals surface area contributed by atoms with Crippen molar-refractivity contribution in [2.75, 3.05) is 13.9 Å². The molecule has 1 N–H and O–H groups in total. The van der Waals surface area contributed by atoms with E-state index < -0.39 is 30.7 Å². The molecule has 0 saturated carbocycles. The van der Waals surface area contributed by atoms with Crippen LogP contribution in [0.4, 0.5) is 0 Å². The molecule has 0 aliphatic carbocycles. The predicted molar refractivity (Wildman–Crippen MR) is 124 cm³/mol. The van der Waals surface area contributed by atoms with Gasteiger partial charge in [0.05, 0.1) is 13.0 Å². The summed E-state index contributed by atoms with van der Waals surface area (Å²) >= 11 is 0. The summed E-state index contributed by atoms with van der Waals surface area (Å²) < 4.78 is 21.0. The fourth-order valence-electron chi connectivity index (χ4n) is 2.82. The molecule has 0 fully saturated rings. The fourth-order valence-corrected chi connectivity index (χ4v) is 2.82. The second-order valence-electron chi connectivity index (χ2n) is 7.83. The van der Waals surface area contributed by atoms with Gasteiger partial charge < -0.3 is 24.3 Å². The van der Waals surface area contributed by atoms with Crippen LogP contribution in [0, 0.1) is 12.8 Å². The van der Waals surface area contributed by atoms with E-state index in [-0.39, 0.29) is 28.9 Å². The van der Waals surface area contributed by atoms with Crippen LogP contribution in [0.15, 0.2) is 48.9 Å². The van der Waals surface area contributed by atoms with E-state index in [4.69, 9.17) is 18.9 Å². The van der Waals surface area contributed by atoms with Crippen molar-refractivity contribution in [2.45, 2.75) is 40.2 Å². The number of aromatic nitrogens is 1. The number of aryl methyl sites for hydroxylation is 1. The Balaban J connectivity index is 2.03. The normalized spacial score (nSPS) is 11.4. The molecule has 34 heavy (non-hydrogen) atoms. The first kappa shape index (κ1) is 26.4. The number of hydrogen-bond acceptors (Lipinski definition) is 8. The lowest BCUT2D eigenvalue weighted by Crippen LogP contribution is -2.40. The molecule has 0 spiro atoms. The zero-order valence-electron chi connectivity index (χ0n) is 20.0. The maximum Gasteiger partial charge on any atom is 0.333 e. The van der Waals surface area contributed by atoms with E-state index in [2.05, 4.69) is 16.9 Å². The summed E-state index contributed by atoms with van der Waals surface area (Å²) in [5.74, 6) is -1.73. The Morgan fingerprint density at radius 1 is 1.09 bits per heavy atom. The van der Waals surface area contributed by atoms with Gasteiger partial charge >= 0.3 is 11.9 Å². The molecule has 1 atom stereocenters. The quantitative estimate of drug-likeness (QED) is 0.302. The SMILES string of the molecule is C=C(Cc1ccccc1C)OC(=O)[C@H](C)NC(=O)c1nccc(OC)c1OCOC(=O)C(C)C. The van der Waals surface area contributed by atoms with E-state index in [1.54, 1.807) is 13.8 Å². The topological polar surface area (TPSA) is 113 Å². The third kappa shape index (κ3) is 7.33. The maximum absolute atomic E-state index is 12.8. The van der Waals surface area contributed by atoms with Crippen LogP contribution in [0.1, 0.15) is 42.4 Å². The second-order valence-corrected chi connectivity index (χ2v) is 7.83. The molecule has 2 aromatic rings. The number of methoxy groups -OCH3 is 1. The molecule has 0 unspecified atom stereocenters. The Labute approximate surface area is 199 Å². The standard InChI is InChI=1S/C25H30N2O7/c1-15(2)24(29)33-14-32-22-20(31-6)11-12-26-21(22)23(28)27-18(5)25(30)34-17(4)13-19-10-8-7-9-16(19)3/h7-12,15,18H,4,13-14H2,1-3,5-6H3,(H,27,28)/t18-/m0/s1. The molecular weight excluding hydrogens is 440 g/mol. The molecular formula is C25H30N2O7. The highest BCUT2D eigenvalue weighted by molar-refractivity contribution is 5.98. The Morgan fingerprint density at radius 3 is 2.44 bits per heavy atom. The van der Waals surface area contributed by atoms with Crippen LogP contribution in [0.2, 0.25) is 0 Å². The molecule has 2 rings (SSSR count). The monoisotopic (exact) mass is 470 g/mol. The minimum atomic E-state index is -0.999. The van der Waals surface area contributed by atoms with Crippen molar-refractivity contribution in [3.8, 4) is 11.5 Å². The highest BCUT2D eigenvalue weighted by atomic mass is 16.7. The molecule has 1 aromatic heterocycles. The molecule has 9 heteroatoms. The summed E-state index contributed by atoms with van der Waals surface area (Å²) in [7, 11) is 1.39. The number of hydrogen-bond donors (Lipinski definition) is 1. The smallest absolute Gasteiger partial charge is 0.333 e. The minimum Gasteiger partial charge on any atom is -0.493 e. The number of esters is 2. The third-order valence-corrected chi connectivity index (χ3v) is 4.77. The summed E-state index contributed by atoms with van der Waals surface area (Å²) in [5.41, 5.74) is 1.90. The van der Waals surface area contributed by atoms with Crippen molar-refractivity contribution < 1.29 is 33.3 Å². The summed E-state index contributed by atoms with van der Waals surface area (Å²) in [4.78, 5) is 41.0. The molecule has 0 aliphatic rings. The summed E-state index contributed by atoms with van der Waals surface area (Å²) in [6, 6.07) is 8.19. The van der Waals surface area contributed by atoms with Crippen molar-refractivity contribution >= 4 is 17.8 Å². The lowest BCUT2D eigenvalue weighted by atomic mass is 10.1. The number of rotatable bonds is 11. The van der Waals surface area contributed by atoms with E-state index in [1.165, 1.54) is 26.3 Å². The van der Waals surface area contributed by atoms with E-state index >= 15 is 0 Å². The van der Waals surface area contributed by atoms with Gasteiger partial charge in [-0.3, -0.25) is 9.59 Å². The number of pyridine rings is 1. The molecule has 0 saturated heterocycles. The fraction of sp³-hybridized carbons (Fsp3) is 0.360. The van der Waals surface area contributed by atoms with Gasteiger partial charge in [-0.15, -0.1) is 0 Å². The van der Waals surface area contributed by atoms with Gasteiger partial charge in [0.25, 0.3) is 5.91 Å². The van der Waals surface area contributed by atoms with E-state index in [0.717, 1.165) is 11.1 Å². The zero-order chi connectivity index (χ0) is 25.3. The summed E-state index contributed by atoms with van der Waals surface area (Å²) in [6.45, 7) is 10.2. The number of nitrogens with zero attached hydrogens (tertiary/aromatic N) is 1. The number of nitrogens with one attached hydrogen (secondary N) is 1. The van der Waals surface area contributed by atoms with Crippen LogP contribution in [-0.4, -0.2) is 42.8 Å². The molecule has 9 nitrogen and oxygen atoms in total. The van der Waals surface area contributed by atoms with E-state index in [1.807, 2.05) is 31.2 Å². The number of benzene rings is 1. The molecule has 0 radical (unpaired) electrons. The molecule has 1 amide bonds. The average molecular weight is 471 g/mol. The Hall–Kier alpha value is -3.88. The van der Waals surface area contributed by atoms with Crippen LogP contribution in [0.5, 0.6) is 11.5 Å². The Bertz CT molecular complexity index is 1050. The third-order valence-electron chi connectivity index (χ3n) is 4.77. The van der Waals surface area contributed by atoms with Crippen LogP contribution in [0.3, 0.4) is 0 Å². The first-order valence-corrected chi connectivity index (χ1v) is 10.7. The summed E-state index contributed by atoms with van der Waals surface area (Å²) in [6.07, 6.45) is 1.72.